The predicted octanol–water partition coefficient (Wildman–Crippen LogP) is 2.40. The van der Waals surface area contributed by atoms with Gasteiger partial charge in [0.15, 0.2) is 0 Å². The third-order valence-corrected chi connectivity index (χ3v) is 2.32. The second kappa shape index (κ2) is 2.01. The summed E-state index contributed by atoms with van der Waals surface area (Å²) in [4.78, 5) is 0. The van der Waals surface area contributed by atoms with Gasteiger partial charge in [-0.3, -0.25) is 0 Å². The minimum Gasteiger partial charge on any atom is -0.481 e. The average Bonchev–Trinajstić information content (AvgIpc) is 2.62. The molecule has 1 aromatic carbocycles. The first-order valence-electron chi connectivity index (χ1n) is 4.09. The van der Waals surface area contributed by atoms with Gasteiger partial charge in [0.1, 0.15) is 11.9 Å². The van der Waals surface area contributed by atoms with Crippen LogP contribution in [0.4, 0.5) is 0 Å². The van der Waals surface area contributed by atoms with Gasteiger partial charge in [0.2, 0.25) is 0 Å². The standard InChI is InChI=1S/C11H8O/c1-2-6-10-8(4-1)9-5-3-7-11(9)12-10/h1-7,11H. The molecule has 0 fully saturated rings. The molecule has 1 atom stereocenters. The molecule has 1 heterocycles. The first kappa shape index (κ1) is 6.06. The summed E-state index contributed by atoms with van der Waals surface area (Å²) in [5.41, 5.74) is 2.54. The van der Waals surface area contributed by atoms with Crippen LogP contribution in [-0.2, 0) is 0 Å². The van der Waals surface area contributed by atoms with E-state index in [-0.39, 0.29) is 6.10 Å². The van der Waals surface area contributed by atoms with Crippen LogP contribution in [0.5, 0.6) is 5.75 Å². The maximum Gasteiger partial charge on any atom is 0.143 e. The molecule has 1 heteroatoms. The van der Waals surface area contributed by atoms with E-state index < -0.39 is 0 Å². The Morgan fingerprint density at radius 1 is 1.17 bits per heavy atom. The molecule has 0 aromatic heterocycles. The summed E-state index contributed by atoms with van der Waals surface area (Å²) >= 11 is 0. The fourth-order valence-corrected chi connectivity index (χ4v) is 1.75. The molecule has 1 unspecified atom stereocenters. The van der Waals surface area contributed by atoms with Crippen LogP contribution in [0.1, 0.15) is 5.56 Å². The topological polar surface area (TPSA) is 9.23 Å². The van der Waals surface area contributed by atoms with Gasteiger partial charge < -0.3 is 4.74 Å². The van der Waals surface area contributed by atoms with Gasteiger partial charge in [-0.05, 0) is 12.1 Å². The van der Waals surface area contributed by atoms with Crippen molar-refractivity contribution in [3.05, 3.63) is 48.1 Å². The molecular weight excluding hydrogens is 148 g/mol. The molecule has 0 spiro atoms. The second-order valence-corrected chi connectivity index (χ2v) is 3.04. The summed E-state index contributed by atoms with van der Waals surface area (Å²) in [6.07, 6.45) is 6.43. The minimum atomic E-state index is 0.183. The van der Waals surface area contributed by atoms with Gasteiger partial charge in [0.25, 0.3) is 0 Å². The molecule has 0 N–H and O–H groups in total. The van der Waals surface area contributed by atoms with Crippen LogP contribution in [0.3, 0.4) is 0 Å². The molecule has 0 bridgehead atoms. The van der Waals surface area contributed by atoms with E-state index in [2.05, 4.69) is 24.3 Å². The van der Waals surface area contributed by atoms with E-state index in [0.29, 0.717) is 0 Å². The number of allylic oxidation sites excluding steroid dienone is 2. The number of hydrogen-bond acceptors (Lipinski definition) is 1. The predicted molar refractivity (Wildman–Crippen MR) is 48.0 cm³/mol. The monoisotopic (exact) mass is 156 g/mol. The molecule has 0 amide bonds. The van der Waals surface area contributed by atoms with Gasteiger partial charge in [0.05, 0.1) is 0 Å². The number of hydrogen-bond donors (Lipinski definition) is 0. The molecule has 58 valence electrons. The van der Waals surface area contributed by atoms with E-state index in [1.54, 1.807) is 0 Å². The first-order chi connectivity index (χ1) is 5.95. The molecule has 0 saturated carbocycles. The third-order valence-electron chi connectivity index (χ3n) is 2.32. The molecule has 1 aromatic rings. The van der Waals surface area contributed by atoms with Gasteiger partial charge >= 0.3 is 0 Å². The van der Waals surface area contributed by atoms with Crippen molar-refractivity contribution in [3.63, 3.8) is 0 Å². The number of ether oxygens (including phenoxy) is 1. The zero-order chi connectivity index (χ0) is 7.97. The lowest BCUT2D eigenvalue weighted by Gasteiger charge is -2.01. The summed E-state index contributed by atoms with van der Waals surface area (Å²) in [5, 5.41) is 0. The summed E-state index contributed by atoms with van der Waals surface area (Å²) in [7, 11) is 0. The zero-order valence-electron chi connectivity index (χ0n) is 6.53. The van der Waals surface area contributed by atoms with Crippen molar-refractivity contribution in [1.29, 1.82) is 0 Å². The van der Waals surface area contributed by atoms with E-state index in [0.717, 1.165) is 5.75 Å². The third kappa shape index (κ3) is 0.632. The van der Waals surface area contributed by atoms with Crippen LogP contribution in [0, 0.1) is 0 Å². The minimum absolute atomic E-state index is 0.183. The number of fused-ring (bicyclic) bond motifs is 3. The Labute approximate surface area is 71.0 Å². The van der Waals surface area contributed by atoms with Crippen molar-refractivity contribution in [3.8, 4) is 5.75 Å². The largest absolute Gasteiger partial charge is 0.481 e. The van der Waals surface area contributed by atoms with Crippen LogP contribution in [-0.4, -0.2) is 6.10 Å². The van der Waals surface area contributed by atoms with Crippen molar-refractivity contribution in [1.82, 2.24) is 0 Å². The van der Waals surface area contributed by atoms with Gasteiger partial charge in [-0.25, -0.2) is 0 Å². The van der Waals surface area contributed by atoms with Crippen molar-refractivity contribution in [2.75, 3.05) is 0 Å². The normalized spacial score (nSPS) is 23.0. The summed E-state index contributed by atoms with van der Waals surface area (Å²) in [6.45, 7) is 0. The highest BCUT2D eigenvalue weighted by atomic mass is 16.5. The second-order valence-electron chi connectivity index (χ2n) is 3.04. The van der Waals surface area contributed by atoms with Gasteiger partial charge in [-0.2, -0.15) is 0 Å². The smallest absolute Gasteiger partial charge is 0.143 e. The van der Waals surface area contributed by atoms with Crippen LogP contribution < -0.4 is 4.74 Å². The van der Waals surface area contributed by atoms with E-state index in [1.807, 2.05) is 18.2 Å². The Morgan fingerprint density at radius 3 is 3.08 bits per heavy atom. The lowest BCUT2D eigenvalue weighted by atomic mass is 10.1. The van der Waals surface area contributed by atoms with Gasteiger partial charge in [-0.1, -0.05) is 30.4 Å². The van der Waals surface area contributed by atoms with Crippen molar-refractivity contribution >= 4 is 5.57 Å². The molecular formula is C11H8O. The quantitative estimate of drug-likeness (QED) is 0.560. The Hall–Kier alpha value is -1.50. The molecule has 1 aliphatic heterocycles. The van der Waals surface area contributed by atoms with Gasteiger partial charge in [0, 0.05) is 11.1 Å². The SMILES string of the molecule is C1=CC2Oc3ccccc3C2=C1. The zero-order valence-corrected chi connectivity index (χ0v) is 6.53. The van der Waals surface area contributed by atoms with Crippen LogP contribution in [0.25, 0.3) is 5.57 Å². The first-order valence-corrected chi connectivity index (χ1v) is 4.09. The summed E-state index contributed by atoms with van der Waals surface area (Å²) in [5.74, 6) is 1.01. The molecule has 0 radical (unpaired) electrons. The summed E-state index contributed by atoms with van der Waals surface area (Å²) < 4.78 is 5.68. The van der Waals surface area contributed by atoms with E-state index >= 15 is 0 Å². The van der Waals surface area contributed by atoms with Crippen LogP contribution >= 0.6 is 0 Å². The average molecular weight is 156 g/mol. The van der Waals surface area contributed by atoms with E-state index in [9.17, 15) is 0 Å². The van der Waals surface area contributed by atoms with Crippen molar-refractivity contribution < 1.29 is 4.74 Å². The van der Waals surface area contributed by atoms with Gasteiger partial charge in [-0.15, -0.1) is 0 Å². The lowest BCUT2D eigenvalue weighted by molar-refractivity contribution is 0.325. The van der Waals surface area contributed by atoms with E-state index in [1.165, 1.54) is 11.1 Å². The molecule has 2 aliphatic rings. The number of benzene rings is 1. The molecule has 12 heavy (non-hydrogen) atoms. The van der Waals surface area contributed by atoms with Crippen molar-refractivity contribution in [2.24, 2.45) is 0 Å². The van der Waals surface area contributed by atoms with Crippen LogP contribution in [0.2, 0.25) is 0 Å². The Morgan fingerprint density at radius 2 is 2.08 bits per heavy atom. The molecule has 0 saturated heterocycles. The Bertz CT molecular complexity index is 388. The molecule has 1 nitrogen and oxygen atoms in total. The van der Waals surface area contributed by atoms with Crippen molar-refractivity contribution in [2.45, 2.75) is 6.10 Å². The van der Waals surface area contributed by atoms with E-state index in [4.69, 9.17) is 4.74 Å². The number of rotatable bonds is 0. The highest BCUT2D eigenvalue weighted by molar-refractivity contribution is 5.81. The fraction of sp³-hybridized carbons (Fsp3) is 0.0909. The Kier molecular flexibility index (Phi) is 1.01. The Balaban J connectivity index is 2.23. The summed E-state index contributed by atoms with van der Waals surface area (Å²) in [6, 6.07) is 8.17. The number of para-hydroxylation sites is 1. The highest BCUT2D eigenvalue weighted by Gasteiger charge is 2.27. The molecule has 3 rings (SSSR count). The lowest BCUT2D eigenvalue weighted by Crippen LogP contribution is -2.04. The molecule has 1 aliphatic carbocycles. The maximum atomic E-state index is 5.68. The maximum absolute atomic E-state index is 5.68. The fourth-order valence-electron chi connectivity index (χ4n) is 1.75. The highest BCUT2D eigenvalue weighted by Crippen LogP contribution is 2.39. The van der Waals surface area contributed by atoms with Crippen LogP contribution in [0.15, 0.2) is 42.5 Å².